The maximum Gasteiger partial charge on any atom is 0.416 e. The molecule has 0 radical (unpaired) electrons. The number of nitrogens with zero attached hydrogens (tertiary/aromatic N) is 1. The number of alkyl halides is 3. The summed E-state index contributed by atoms with van der Waals surface area (Å²) in [5.74, 6) is -1.85. The Bertz CT molecular complexity index is 903. The third-order valence-corrected chi connectivity index (χ3v) is 3.40. The van der Waals surface area contributed by atoms with Crippen molar-refractivity contribution in [3.8, 4) is 0 Å². The van der Waals surface area contributed by atoms with Crippen LogP contribution in [0.3, 0.4) is 0 Å². The Morgan fingerprint density at radius 2 is 1.90 bits per heavy atom. The van der Waals surface area contributed by atoms with E-state index in [1.165, 1.54) is 30.5 Å². The largest absolute Gasteiger partial charge is 0.452 e. The molecule has 3 amide bonds. The molecule has 2 aromatic rings. The Morgan fingerprint density at radius 3 is 2.59 bits per heavy atom. The van der Waals surface area contributed by atoms with Crippen LogP contribution in [0.1, 0.15) is 22.8 Å². The lowest BCUT2D eigenvalue weighted by Crippen LogP contribution is -2.41. The van der Waals surface area contributed by atoms with Crippen molar-refractivity contribution in [3.05, 3.63) is 53.7 Å². The minimum absolute atomic E-state index is 0.0547. The van der Waals surface area contributed by atoms with Crippen molar-refractivity contribution in [2.75, 3.05) is 18.5 Å². The number of nitrogens with one attached hydrogen (secondary N) is 3. The zero-order valence-corrected chi connectivity index (χ0v) is 15.2. The molecule has 0 atom stereocenters. The van der Waals surface area contributed by atoms with Gasteiger partial charge in [-0.3, -0.25) is 10.1 Å². The van der Waals surface area contributed by atoms with Gasteiger partial charge >= 0.3 is 18.2 Å². The minimum atomic E-state index is -4.53. The van der Waals surface area contributed by atoms with E-state index in [0.29, 0.717) is 6.54 Å². The van der Waals surface area contributed by atoms with E-state index in [0.717, 1.165) is 12.1 Å². The van der Waals surface area contributed by atoms with Crippen LogP contribution in [-0.2, 0) is 15.7 Å². The van der Waals surface area contributed by atoms with Crippen molar-refractivity contribution in [2.45, 2.75) is 13.1 Å². The van der Waals surface area contributed by atoms with Gasteiger partial charge in [0.25, 0.3) is 5.91 Å². The number of rotatable bonds is 6. The summed E-state index contributed by atoms with van der Waals surface area (Å²) in [5.41, 5.74) is -0.915. The monoisotopic (exact) mass is 410 g/mol. The molecule has 8 nitrogen and oxygen atoms in total. The molecule has 0 aliphatic carbocycles. The first kappa shape index (κ1) is 21.7. The van der Waals surface area contributed by atoms with Gasteiger partial charge in [-0.25, -0.2) is 14.6 Å². The molecule has 0 fully saturated rings. The normalized spacial score (nSPS) is 10.8. The lowest BCUT2D eigenvalue weighted by atomic mass is 10.2. The first-order valence-electron chi connectivity index (χ1n) is 8.34. The first-order valence-corrected chi connectivity index (χ1v) is 8.34. The van der Waals surface area contributed by atoms with Gasteiger partial charge in [0.15, 0.2) is 6.61 Å². The zero-order valence-electron chi connectivity index (χ0n) is 15.2. The van der Waals surface area contributed by atoms with E-state index in [1.54, 1.807) is 6.92 Å². The molecule has 2 rings (SSSR count). The molecule has 11 heteroatoms. The molecule has 1 aromatic carbocycles. The molecule has 154 valence electrons. The number of amides is 3. The molecule has 0 saturated carbocycles. The van der Waals surface area contributed by atoms with Crippen LogP contribution in [0.4, 0.5) is 29.5 Å². The van der Waals surface area contributed by atoms with E-state index in [1.807, 2.05) is 5.32 Å². The Hall–Kier alpha value is -3.63. The maximum absolute atomic E-state index is 12.8. The van der Waals surface area contributed by atoms with Gasteiger partial charge in [-0.15, -0.1) is 0 Å². The number of esters is 1. The summed E-state index contributed by atoms with van der Waals surface area (Å²) in [4.78, 5) is 39.0. The summed E-state index contributed by atoms with van der Waals surface area (Å²) in [6.45, 7) is 1.23. The molecule has 0 bridgehead atoms. The molecule has 0 unspecified atom stereocenters. The minimum Gasteiger partial charge on any atom is -0.452 e. The third-order valence-electron chi connectivity index (χ3n) is 3.40. The zero-order chi connectivity index (χ0) is 21.4. The summed E-state index contributed by atoms with van der Waals surface area (Å²) in [6, 6.07) is 6.36. The van der Waals surface area contributed by atoms with E-state index in [-0.39, 0.29) is 17.1 Å². The number of benzene rings is 1. The summed E-state index contributed by atoms with van der Waals surface area (Å²) in [7, 11) is 0. The summed E-state index contributed by atoms with van der Waals surface area (Å²) >= 11 is 0. The van der Waals surface area contributed by atoms with Crippen molar-refractivity contribution in [1.29, 1.82) is 0 Å². The van der Waals surface area contributed by atoms with Gasteiger partial charge < -0.3 is 15.4 Å². The first-order chi connectivity index (χ1) is 13.7. The lowest BCUT2D eigenvalue weighted by Gasteiger charge is -2.12. The highest BCUT2D eigenvalue weighted by Gasteiger charge is 2.30. The summed E-state index contributed by atoms with van der Waals surface area (Å²) in [5, 5.41) is 6.92. The van der Waals surface area contributed by atoms with Crippen molar-refractivity contribution >= 4 is 29.4 Å². The van der Waals surface area contributed by atoms with Gasteiger partial charge in [0.1, 0.15) is 11.4 Å². The predicted molar refractivity (Wildman–Crippen MR) is 96.5 cm³/mol. The second-order valence-electron chi connectivity index (χ2n) is 5.59. The number of hydrogen-bond donors (Lipinski definition) is 3. The molecule has 0 spiro atoms. The lowest BCUT2D eigenvalue weighted by molar-refractivity contribution is -0.137. The fourth-order valence-electron chi connectivity index (χ4n) is 2.16. The number of ether oxygens (including phenoxy) is 1. The number of halogens is 3. The number of anilines is 2. The van der Waals surface area contributed by atoms with E-state index < -0.39 is 36.3 Å². The Balaban J connectivity index is 2.08. The van der Waals surface area contributed by atoms with Crippen molar-refractivity contribution in [3.63, 3.8) is 0 Å². The number of carbonyl (C=O) groups is 3. The van der Waals surface area contributed by atoms with Crippen LogP contribution in [0.15, 0.2) is 42.6 Å². The molecular formula is C18H17F3N4O4. The van der Waals surface area contributed by atoms with Gasteiger partial charge in [-0.1, -0.05) is 6.07 Å². The second kappa shape index (κ2) is 9.53. The Morgan fingerprint density at radius 1 is 1.14 bits per heavy atom. The predicted octanol–water partition coefficient (Wildman–Crippen LogP) is 2.85. The number of imide groups is 1. The molecule has 1 heterocycles. The summed E-state index contributed by atoms with van der Waals surface area (Å²) < 4.78 is 43.4. The number of aromatic nitrogens is 1. The fourth-order valence-corrected chi connectivity index (χ4v) is 2.16. The number of carbonyl (C=O) groups excluding carboxylic acids is 3. The van der Waals surface area contributed by atoms with Crippen molar-refractivity contribution < 1.29 is 32.3 Å². The second-order valence-corrected chi connectivity index (χ2v) is 5.59. The van der Waals surface area contributed by atoms with Crippen molar-refractivity contribution in [1.82, 2.24) is 15.6 Å². The highest BCUT2D eigenvalue weighted by molar-refractivity contribution is 5.98. The maximum atomic E-state index is 12.8. The molecule has 3 N–H and O–H groups in total. The van der Waals surface area contributed by atoms with Crippen LogP contribution in [0, 0.1) is 0 Å². The van der Waals surface area contributed by atoms with Crippen molar-refractivity contribution in [2.24, 2.45) is 0 Å². The van der Waals surface area contributed by atoms with E-state index in [4.69, 9.17) is 4.74 Å². The summed E-state index contributed by atoms with van der Waals surface area (Å²) in [6.07, 6.45) is -3.20. The van der Waals surface area contributed by atoms with E-state index in [2.05, 4.69) is 15.6 Å². The van der Waals surface area contributed by atoms with Crippen LogP contribution in [0.2, 0.25) is 0 Å². The van der Waals surface area contributed by atoms with Crippen LogP contribution >= 0.6 is 0 Å². The molecule has 1 aromatic heterocycles. The molecule has 29 heavy (non-hydrogen) atoms. The molecule has 0 aliphatic rings. The van der Waals surface area contributed by atoms with Crippen LogP contribution < -0.4 is 16.0 Å². The average molecular weight is 410 g/mol. The van der Waals surface area contributed by atoms with E-state index >= 15 is 0 Å². The SMILES string of the molecule is CCNC(=O)NC(=O)COC(=O)c1cccnc1Nc1cccc(C(F)(F)F)c1. The quantitative estimate of drug-likeness (QED) is 0.632. The number of pyridine rings is 1. The Kier molecular flexibility index (Phi) is 7.12. The molecular weight excluding hydrogens is 393 g/mol. The van der Waals surface area contributed by atoms with Gasteiger partial charge in [0.05, 0.1) is 5.56 Å². The highest BCUT2D eigenvalue weighted by Crippen LogP contribution is 2.31. The van der Waals surface area contributed by atoms with Crippen LogP contribution in [0.5, 0.6) is 0 Å². The number of hydrogen-bond acceptors (Lipinski definition) is 6. The van der Waals surface area contributed by atoms with E-state index in [9.17, 15) is 27.6 Å². The van der Waals surface area contributed by atoms with Crippen LogP contribution in [0.25, 0.3) is 0 Å². The highest BCUT2D eigenvalue weighted by atomic mass is 19.4. The fraction of sp³-hybridized carbons (Fsp3) is 0.222. The van der Waals surface area contributed by atoms with Gasteiger partial charge in [0.2, 0.25) is 0 Å². The third kappa shape index (κ3) is 6.48. The molecule has 0 saturated heterocycles. The average Bonchev–Trinajstić information content (AvgIpc) is 2.66. The topological polar surface area (TPSA) is 109 Å². The molecule has 0 aliphatic heterocycles. The van der Waals surface area contributed by atoms with Gasteiger partial charge in [-0.05, 0) is 37.3 Å². The van der Waals surface area contributed by atoms with Crippen LogP contribution in [-0.4, -0.2) is 36.0 Å². The standard InChI is InChI=1S/C18H17F3N4O4/c1-2-22-17(28)25-14(26)10-29-16(27)13-7-4-8-23-15(13)24-12-6-3-5-11(9-12)18(19,20)21/h3-9H,2,10H2,1H3,(H,23,24)(H2,22,25,26,28). The Labute approximate surface area is 163 Å². The van der Waals surface area contributed by atoms with Gasteiger partial charge in [-0.2, -0.15) is 13.2 Å². The van der Waals surface area contributed by atoms with Gasteiger partial charge in [0, 0.05) is 18.4 Å². The number of urea groups is 1. The smallest absolute Gasteiger partial charge is 0.416 e.